The van der Waals surface area contributed by atoms with Crippen LogP contribution in [0.1, 0.15) is 55.7 Å². The van der Waals surface area contributed by atoms with Gasteiger partial charge in [-0.3, -0.25) is 4.68 Å². The molecular formula is C15H22F2N2O2. The lowest BCUT2D eigenvalue weighted by atomic mass is 10.1. The topological polar surface area (TPSA) is 44.1 Å². The maximum atomic E-state index is 12.2. The van der Waals surface area contributed by atoms with Crippen molar-refractivity contribution in [2.75, 3.05) is 6.61 Å². The highest BCUT2D eigenvalue weighted by Gasteiger charge is 2.14. The van der Waals surface area contributed by atoms with Gasteiger partial charge >= 0.3 is 5.97 Å². The number of hydrogen-bond acceptors (Lipinski definition) is 3. The van der Waals surface area contributed by atoms with Gasteiger partial charge in [0.15, 0.2) is 0 Å². The van der Waals surface area contributed by atoms with Crippen LogP contribution in [0.4, 0.5) is 8.78 Å². The molecule has 1 rings (SSSR count). The average Bonchev–Trinajstić information content (AvgIpc) is 2.80. The van der Waals surface area contributed by atoms with Gasteiger partial charge in [0.05, 0.1) is 12.3 Å². The summed E-state index contributed by atoms with van der Waals surface area (Å²) in [7, 11) is 1.67. The van der Waals surface area contributed by atoms with Gasteiger partial charge in [-0.25, -0.2) is 4.79 Å². The lowest BCUT2D eigenvalue weighted by Gasteiger charge is -2.04. The van der Waals surface area contributed by atoms with Crippen LogP contribution in [0.5, 0.6) is 0 Å². The van der Waals surface area contributed by atoms with E-state index in [-0.39, 0.29) is 18.6 Å². The molecule has 0 N–H and O–H groups in total. The Morgan fingerprint density at radius 2 is 2.10 bits per heavy atom. The van der Waals surface area contributed by atoms with Crippen LogP contribution in [0.2, 0.25) is 0 Å². The highest BCUT2D eigenvalue weighted by molar-refractivity contribution is 5.87. The quantitative estimate of drug-likeness (QED) is 0.541. The number of hydrogen-bond donors (Lipinski definition) is 0. The second-order valence-corrected chi connectivity index (χ2v) is 5.03. The first kappa shape index (κ1) is 17.3. The van der Waals surface area contributed by atoms with Gasteiger partial charge in [-0.15, -0.1) is 0 Å². The zero-order chi connectivity index (χ0) is 15.8. The fourth-order valence-corrected chi connectivity index (χ4v) is 1.86. The fraction of sp³-hybridized carbons (Fsp3) is 0.600. The Hall–Kier alpha value is -1.72. The molecule has 0 atom stereocenters. The maximum Gasteiger partial charge on any atom is 0.356 e. The molecule has 0 fully saturated rings. The number of unbranched alkanes of at least 4 members (excludes halogenated alkanes) is 2. The van der Waals surface area contributed by atoms with E-state index >= 15 is 0 Å². The van der Waals surface area contributed by atoms with Crippen molar-refractivity contribution in [1.82, 2.24) is 9.78 Å². The maximum absolute atomic E-state index is 12.2. The van der Waals surface area contributed by atoms with Crippen LogP contribution < -0.4 is 0 Å². The Morgan fingerprint density at radius 3 is 2.71 bits per heavy atom. The van der Waals surface area contributed by atoms with E-state index in [4.69, 9.17) is 4.74 Å². The number of carbonyl (C=O) groups excluding carboxylic acids is 1. The third-order valence-corrected chi connectivity index (χ3v) is 3.21. The third-order valence-electron chi connectivity index (χ3n) is 3.21. The molecule has 0 aliphatic carbocycles. The van der Waals surface area contributed by atoms with E-state index in [1.165, 1.54) is 11.6 Å². The van der Waals surface area contributed by atoms with Crippen LogP contribution in [-0.4, -0.2) is 22.4 Å². The second-order valence-electron chi connectivity index (χ2n) is 5.03. The van der Waals surface area contributed by atoms with E-state index in [1.807, 2.05) is 0 Å². The minimum Gasteiger partial charge on any atom is -0.461 e. The first-order valence-corrected chi connectivity index (χ1v) is 7.16. The number of rotatable bonds is 8. The van der Waals surface area contributed by atoms with Gasteiger partial charge in [0.2, 0.25) is 0 Å². The molecule has 1 aromatic rings. The highest BCUT2D eigenvalue weighted by atomic mass is 19.3. The van der Waals surface area contributed by atoms with E-state index in [0.717, 1.165) is 31.4 Å². The molecule has 0 saturated carbocycles. The molecule has 4 nitrogen and oxygen atoms in total. The summed E-state index contributed by atoms with van der Waals surface area (Å²) in [5.41, 5.74) is 1.14. The molecule has 0 amide bonds. The molecule has 1 aromatic heterocycles. The van der Waals surface area contributed by atoms with Crippen LogP contribution in [-0.2, 0) is 18.2 Å². The van der Waals surface area contributed by atoms with Gasteiger partial charge in [0.1, 0.15) is 5.69 Å². The van der Waals surface area contributed by atoms with E-state index in [1.54, 1.807) is 13.1 Å². The minimum atomic E-state index is -1.72. The number of aromatic nitrogens is 2. The summed E-state index contributed by atoms with van der Waals surface area (Å²) in [4.78, 5) is 11.9. The lowest BCUT2D eigenvalue weighted by molar-refractivity contribution is 0.0495. The van der Waals surface area contributed by atoms with Crippen molar-refractivity contribution < 1.29 is 18.3 Å². The van der Waals surface area contributed by atoms with Gasteiger partial charge in [0, 0.05) is 13.5 Å². The first-order valence-electron chi connectivity index (χ1n) is 7.16. The molecule has 1 heterocycles. The van der Waals surface area contributed by atoms with Crippen LogP contribution in [0.25, 0.3) is 0 Å². The number of halogens is 2. The summed E-state index contributed by atoms with van der Waals surface area (Å²) in [6.07, 6.45) is 2.42. The normalized spacial score (nSPS) is 10.5. The number of aryl methyl sites for hydroxylation is 2. The minimum absolute atomic E-state index is 0.0370. The molecule has 0 saturated heterocycles. The van der Waals surface area contributed by atoms with Crippen LogP contribution in [0.3, 0.4) is 0 Å². The monoisotopic (exact) mass is 300 g/mol. The highest BCUT2D eigenvalue weighted by Crippen LogP contribution is 2.12. The van der Waals surface area contributed by atoms with Crippen molar-refractivity contribution in [3.63, 3.8) is 0 Å². The predicted octanol–water partition coefficient (Wildman–Crippen LogP) is 3.87. The first-order chi connectivity index (χ1) is 9.95. The summed E-state index contributed by atoms with van der Waals surface area (Å²) in [5.74, 6) is -0.529. The lowest BCUT2D eigenvalue weighted by Crippen LogP contribution is -2.11. The van der Waals surface area contributed by atoms with Crippen molar-refractivity contribution >= 4 is 5.97 Å². The van der Waals surface area contributed by atoms with Crippen LogP contribution in [0, 0.1) is 0 Å². The predicted molar refractivity (Wildman–Crippen MR) is 76.3 cm³/mol. The van der Waals surface area contributed by atoms with Crippen LogP contribution >= 0.6 is 0 Å². The summed E-state index contributed by atoms with van der Waals surface area (Å²) in [6, 6.07) is 1.70. The number of nitrogens with zero attached hydrogens (tertiary/aromatic N) is 2. The summed E-state index contributed by atoms with van der Waals surface area (Å²) >= 11 is 0. The Morgan fingerprint density at radius 1 is 1.38 bits per heavy atom. The van der Waals surface area contributed by atoms with Crippen molar-refractivity contribution in [2.45, 2.75) is 46.0 Å². The zero-order valence-corrected chi connectivity index (χ0v) is 12.8. The molecule has 6 heteroatoms. The van der Waals surface area contributed by atoms with Crippen LogP contribution in [0.15, 0.2) is 17.7 Å². The molecule has 0 aromatic carbocycles. The smallest absolute Gasteiger partial charge is 0.356 e. The Balaban J connectivity index is 2.52. The molecule has 21 heavy (non-hydrogen) atoms. The number of ether oxygens (including phenoxy) is 1. The standard InChI is InChI=1S/C15H22F2N2O2/c1-4-5-6-7-12-10-13(19(3)18-12)15(20)21-9-8-11(2)14(16)17/h10H,4-9H2,1-3H3. The Bertz CT molecular complexity index is 506. The largest absolute Gasteiger partial charge is 0.461 e. The van der Waals surface area contributed by atoms with E-state index in [9.17, 15) is 13.6 Å². The molecular weight excluding hydrogens is 278 g/mol. The molecule has 0 radical (unpaired) electrons. The van der Waals surface area contributed by atoms with Crippen molar-refractivity contribution in [2.24, 2.45) is 7.05 Å². The Kier molecular flexibility index (Phi) is 7.05. The average molecular weight is 300 g/mol. The van der Waals surface area contributed by atoms with E-state index < -0.39 is 12.0 Å². The van der Waals surface area contributed by atoms with Gasteiger partial charge in [-0.2, -0.15) is 13.9 Å². The third kappa shape index (κ3) is 5.65. The Labute approximate surface area is 123 Å². The molecule has 0 bridgehead atoms. The van der Waals surface area contributed by atoms with Gasteiger partial charge in [-0.1, -0.05) is 19.8 Å². The van der Waals surface area contributed by atoms with E-state index in [0.29, 0.717) is 5.69 Å². The molecule has 0 aliphatic rings. The summed E-state index contributed by atoms with van der Waals surface area (Å²) in [6.45, 7) is 3.38. The van der Waals surface area contributed by atoms with Gasteiger partial charge in [-0.05, 0) is 31.4 Å². The van der Waals surface area contributed by atoms with E-state index in [2.05, 4.69) is 12.0 Å². The van der Waals surface area contributed by atoms with Crippen molar-refractivity contribution in [3.8, 4) is 0 Å². The number of esters is 1. The zero-order valence-electron chi connectivity index (χ0n) is 12.8. The molecule has 0 spiro atoms. The van der Waals surface area contributed by atoms with Gasteiger partial charge in [0.25, 0.3) is 6.08 Å². The molecule has 118 valence electrons. The number of carbonyl (C=O) groups is 1. The second kappa shape index (κ2) is 8.54. The summed E-state index contributed by atoms with van der Waals surface area (Å²) in [5, 5.41) is 4.26. The fourth-order valence-electron chi connectivity index (χ4n) is 1.86. The van der Waals surface area contributed by atoms with Crippen molar-refractivity contribution in [1.29, 1.82) is 0 Å². The SMILES string of the molecule is CCCCCc1cc(C(=O)OCCC(C)=C(F)F)n(C)n1. The summed E-state index contributed by atoms with van der Waals surface area (Å²) < 4.78 is 30.9. The van der Waals surface area contributed by atoms with Gasteiger partial charge < -0.3 is 4.74 Å². The van der Waals surface area contributed by atoms with Crippen molar-refractivity contribution in [3.05, 3.63) is 29.1 Å². The molecule has 0 aliphatic heterocycles. The molecule has 0 unspecified atom stereocenters.